The van der Waals surface area contributed by atoms with Crippen LogP contribution in [0.3, 0.4) is 0 Å². The minimum Gasteiger partial charge on any atom is -0.504 e. The van der Waals surface area contributed by atoms with E-state index in [1.807, 2.05) is 0 Å². The van der Waals surface area contributed by atoms with Gasteiger partial charge in [0.2, 0.25) is 0 Å². The molecule has 0 bridgehead atoms. The molecule has 112 valence electrons. The number of aromatic hydroxyl groups is 2. The number of phenols is 2. The summed E-state index contributed by atoms with van der Waals surface area (Å²) in [5.41, 5.74) is 2.00. The first-order valence-electron chi connectivity index (χ1n) is 7.41. The van der Waals surface area contributed by atoms with Crippen molar-refractivity contribution in [3.63, 3.8) is 0 Å². The molecule has 5 heteroatoms. The van der Waals surface area contributed by atoms with Gasteiger partial charge in [0.05, 0.1) is 5.69 Å². The van der Waals surface area contributed by atoms with Crippen molar-refractivity contribution in [2.24, 2.45) is 0 Å². The monoisotopic (exact) mass is 304 g/mol. The van der Waals surface area contributed by atoms with Crippen molar-refractivity contribution in [1.82, 2.24) is 10.3 Å². The number of benzene rings is 1. The number of thiazole rings is 1. The molecule has 4 nitrogen and oxygen atoms in total. The first-order valence-corrected chi connectivity index (χ1v) is 8.23. The lowest BCUT2D eigenvalue weighted by atomic mass is 10.2. The third kappa shape index (κ3) is 3.36. The molecule has 2 aromatic rings. The minimum absolute atomic E-state index is 0.0975. The second kappa shape index (κ2) is 6.03. The zero-order chi connectivity index (χ0) is 14.8. The van der Waals surface area contributed by atoms with Gasteiger partial charge in [-0.25, -0.2) is 4.98 Å². The van der Waals surface area contributed by atoms with Crippen LogP contribution in [0.4, 0.5) is 0 Å². The molecule has 3 N–H and O–H groups in total. The highest BCUT2D eigenvalue weighted by molar-refractivity contribution is 7.15. The molecule has 1 fully saturated rings. The molecule has 1 aromatic heterocycles. The van der Waals surface area contributed by atoms with E-state index in [0.717, 1.165) is 35.7 Å². The summed E-state index contributed by atoms with van der Waals surface area (Å²) in [6.45, 7) is 3.03. The average molecular weight is 304 g/mol. The Balaban J connectivity index is 1.86. The van der Waals surface area contributed by atoms with Crippen molar-refractivity contribution in [1.29, 1.82) is 0 Å². The fourth-order valence-corrected chi connectivity index (χ4v) is 3.31. The zero-order valence-corrected chi connectivity index (χ0v) is 12.9. The van der Waals surface area contributed by atoms with Crippen molar-refractivity contribution < 1.29 is 10.2 Å². The number of rotatable bonds is 6. The highest BCUT2D eigenvalue weighted by Crippen LogP contribution is 2.34. The normalized spacial score (nSPS) is 14.5. The Morgan fingerprint density at radius 1 is 1.29 bits per heavy atom. The number of nitrogens with one attached hydrogen (secondary N) is 1. The van der Waals surface area contributed by atoms with E-state index < -0.39 is 0 Å². The molecule has 1 aliphatic rings. The van der Waals surface area contributed by atoms with Crippen LogP contribution in [0.2, 0.25) is 0 Å². The molecule has 1 saturated carbocycles. The Morgan fingerprint density at radius 3 is 2.76 bits per heavy atom. The lowest BCUT2D eigenvalue weighted by molar-refractivity contribution is 0.404. The summed E-state index contributed by atoms with van der Waals surface area (Å²) in [4.78, 5) is 6.01. The summed E-state index contributed by atoms with van der Waals surface area (Å²) in [6.07, 6.45) is 4.60. The highest BCUT2D eigenvalue weighted by Gasteiger charge is 2.21. The van der Waals surface area contributed by atoms with Crippen LogP contribution < -0.4 is 5.32 Å². The van der Waals surface area contributed by atoms with Crippen LogP contribution in [0.5, 0.6) is 11.5 Å². The number of hydrogen-bond donors (Lipinski definition) is 3. The van der Waals surface area contributed by atoms with E-state index in [-0.39, 0.29) is 11.5 Å². The predicted molar refractivity (Wildman–Crippen MR) is 84.7 cm³/mol. The van der Waals surface area contributed by atoms with Crippen LogP contribution in [0.25, 0.3) is 10.6 Å². The minimum atomic E-state index is -0.0996. The highest BCUT2D eigenvalue weighted by atomic mass is 32.1. The number of hydrogen-bond acceptors (Lipinski definition) is 5. The fraction of sp³-hybridized carbons (Fsp3) is 0.438. The van der Waals surface area contributed by atoms with Gasteiger partial charge in [-0.05, 0) is 37.5 Å². The Kier molecular flexibility index (Phi) is 4.12. The molecule has 0 saturated heterocycles. The van der Waals surface area contributed by atoms with Crippen LogP contribution in [0.15, 0.2) is 18.2 Å². The Morgan fingerprint density at radius 2 is 2.10 bits per heavy atom. The van der Waals surface area contributed by atoms with Gasteiger partial charge in [0, 0.05) is 23.0 Å². The number of phenolic OH excluding ortho intramolecular Hbond substituents is 2. The molecule has 1 aliphatic carbocycles. The maximum absolute atomic E-state index is 9.64. The van der Waals surface area contributed by atoms with Crippen LogP contribution in [0, 0.1) is 0 Å². The molecule has 0 spiro atoms. The maximum atomic E-state index is 9.64. The summed E-state index contributed by atoms with van der Waals surface area (Å²) < 4.78 is 0. The van der Waals surface area contributed by atoms with Gasteiger partial charge in [0.1, 0.15) is 5.01 Å². The van der Waals surface area contributed by atoms with Gasteiger partial charge in [0.15, 0.2) is 11.5 Å². The van der Waals surface area contributed by atoms with Crippen molar-refractivity contribution in [3.05, 3.63) is 28.8 Å². The van der Waals surface area contributed by atoms with E-state index in [1.165, 1.54) is 23.8 Å². The molecular formula is C16H20N2O2S. The van der Waals surface area contributed by atoms with Crippen LogP contribution in [0.1, 0.15) is 36.8 Å². The molecule has 1 heterocycles. The Labute approximate surface area is 128 Å². The third-order valence-corrected chi connectivity index (χ3v) is 4.76. The lowest BCUT2D eigenvalue weighted by Crippen LogP contribution is -2.15. The van der Waals surface area contributed by atoms with Crippen LogP contribution in [-0.4, -0.2) is 21.2 Å². The number of aromatic nitrogens is 1. The fourth-order valence-electron chi connectivity index (χ4n) is 2.26. The summed E-state index contributed by atoms with van der Waals surface area (Å²) in [7, 11) is 0. The van der Waals surface area contributed by atoms with Gasteiger partial charge < -0.3 is 15.5 Å². The van der Waals surface area contributed by atoms with Crippen molar-refractivity contribution in [2.45, 2.75) is 45.2 Å². The standard InChI is InChI=1S/C16H20N2O2S/c1-2-3-12-15(9-17-11-5-6-11)21-16(18-12)10-4-7-13(19)14(20)8-10/h4,7-8,11,17,19-20H,2-3,5-6,9H2,1H3. The quantitative estimate of drug-likeness (QED) is 0.715. The molecular weight excluding hydrogens is 284 g/mol. The summed E-state index contributed by atoms with van der Waals surface area (Å²) in [5.74, 6) is -0.197. The van der Waals surface area contributed by atoms with Crippen molar-refractivity contribution in [2.75, 3.05) is 0 Å². The van der Waals surface area contributed by atoms with E-state index in [9.17, 15) is 10.2 Å². The molecule has 0 aliphatic heterocycles. The molecule has 21 heavy (non-hydrogen) atoms. The largest absolute Gasteiger partial charge is 0.504 e. The Bertz CT molecular complexity index is 635. The third-order valence-electron chi connectivity index (χ3n) is 3.62. The van der Waals surface area contributed by atoms with Gasteiger partial charge in [-0.1, -0.05) is 13.3 Å². The summed E-state index contributed by atoms with van der Waals surface area (Å²) in [6, 6.07) is 5.56. The molecule has 1 aromatic carbocycles. The van der Waals surface area contributed by atoms with Gasteiger partial charge in [-0.15, -0.1) is 11.3 Å². The molecule has 0 unspecified atom stereocenters. The number of nitrogens with zero attached hydrogens (tertiary/aromatic N) is 1. The topological polar surface area (TPSA) is 65.4 Å². The second-order valence-corrected chi connectivity index (χ2v) is 6.58. The van der Waals surface area contributed by atoms with Crippen molar-refractivity contribution >= 4 is 11.3 Å². The zero-order valence-electron chi connectivity index (χ0n) is 12.1. The van der Waals surface area contributed by atoms with Gasteiger partial charge in [-0.3, -0.25) is 0 Å². The van der Waals surface area contributed by atoms with E-state index in [0.29, 0.717) is 6.04 Å². The van der Waals surface area contributed by atoms with Crippen LogP contribution >= 0.6 is 11.3 Å². The van der Waals surface area contributed by atoms with Gasteiger partial charge in [-0.2, -0.15) is 0 Å². The molecule has 0 radical (unpaired) electrons. The summed E-state index contributed by atoms with van der Waals surface area (Å²) in [5, 5.41) is 23.5. The number of aryl methyl sites for hydroxylation is 1. The molecule has 3 rings (SSSR count). The van der Waals surface area contributed by atoms with Gasteiger partial charge in [0.25, 0.3) is 0 Å². The molecule has 0 amide bonds. The Hall–Kier alpha value is -1.59. The maximum Gasteiger partial charge on any atom is 0.158 e. The van der Waals surface area contributed by atoms with Crippen LogP contribution in [-0.2, 0) is 13.0 Å². The van der Waals surface area contributed by atoms with Crippen molar-refractivity contribution in [3.8, 4) is 22.1 Å². The first-order chi connectivity index (χ1) is 10.2. The smallest absolute Gasteiger partial charge is 0.158 e. The lowest BCUT2D eigenvalue weighted by Gasteiger charge is -2.01. The first kappa shape index (κ1) is 14.4. The van der Waals surface area contributed by atoms with E-state index in [4.69, 9.17) is 4.98 Å². The second-order valence-electron chi connectivity index (χ2n) is 5.50. The van der Waals surface area contributed by atoms with E-state index >= 15 is 0 Å². The average Bonchev–Trinajstić information content (AvgIpc) is 3.21. The SMILES string of the molecule is CCCc1nc(-c2ccc(O)c(O)c2)sc1CNC1CC1. The predicted octanol–water partition coefficient (Wildman–Crippen LogP) is 3.43. The summed E-state index contributed by atoms with van der Waals surface area (Å²) >= 11 is 1.67. The van der Waals surface area contributed by atoms with E-state index in [1.54, 1.807) is 23.5 Å². The van der Waals surface area contributed by atoms with Gasteiger partial charge >= 0.3 is 0 Å². The molecule has 0 atom stereocenters. The van der Waals surface area contributed by atoms with E-state index in [2.05, 4.69) is 12.2 Å².